The van der Waals surface area contributed by atoms with E-state index in [9.17, 15) is 9.59 Å². The molecule has 0 spiro atoms. The molecule has 1 aromatic heterocycles. The number of benzene rings is 1. The second-order valence-corrected chi connectivity index (χ2v) is 7.85. The Bertz CT molecular complexity index is 868. The predicted octanol–water partition coefficient (Wildman–Crippen LogP) is 4.02. The van der Waals surface area contributed by atoms with Crippen LogP contribution in [0.4, 0.5) is 5.00 Å². The lowest BCUT2D eigenvalue weighted by Gasteiger charge is -2.18. The van der Waals surface area contributed by atoms with Gasteiger partial charge in [0.15, 0.2) is 0 Å². The number of rotatable bonds is 6. The molecule has 1 atom stereocenters. The van der Waals surface area contributed by atoms with Gasteiger partial charge in [0.1, 0.15) is 10.8 Å². The minimum atomic E-state index is -0.479. The number of carbonyl (C=O) groups excluding carboxylic acids is 2. The van der Waals surface area contributed by atoms with Gasteiger partial charge in [-0.25, -0.2) is 0 Å². The van der Waals surface area contributed by atoms with Crippen molar-refractivity contribution < 1.29 is 14.3 Å². The van der Waals surface area contributed by atoms with Gasteiger partial charge >= 0.3 is 0 Å². The van der Waals surface area contributed by atoms with Crippen molar-refractivity contribution in [1.29, 1.82) is 0 Å². The second-order valence-electron chi connectivity index (χ2n) is 6.74. The van der Waals surface area contributed by atoms with Gasteiger partial charge in [0.05, 0.1) is 12.2 Å². The molecule has 0 saturated carbocycles. The number of thiophene rings is 1. The molecule has 0 saturated heterocycles. The number of hydrogen-bond donors (Lipinski definition) is 2. The average Bonchev–Trinajstić information content (AvgIpc) is 2.98. The van der Waals surface area contributed by atoms with Crippen LogP contribution in [0.15, 0.2) is 30.3 Å². The van der Waals surface area contributed by atoms with E-state index < -0.39 is 5.91 Å². The van der Waals surface area contributed by atoms with Gasteiger partial charge in [-0.1, -0.05) is 19.1 Å². The molecule has 0 bridgehead atoms. The van der Waals surface area contributed by atoms with Crippen molar-refractivity contribution in [3.8, 4) is 5.75 Å². The SMILES string of the molecule is CCOc1ccc(/C=C/C(=O)Nc2sc3c(c2C(N)=O)CCC(C)C3)cc1. The topological polar surface area (TPSA) is 81.4 Å². The van der Waals surface area contributed by atoms with E-state index in [2.05, 4.69) is 12.2 Å². The lowest BCUT2D eigenvalue weighted by atomic mass is 9.88. The Labute approximate surface area is 163 Å². The third kappa shape index (κ3) is 4.57. The van der Waals surface area contributed by atoms with Crippen LogP contribution in [0.5, 0.6) is 5.75 Å². The summed E-state index contributed by atoms with van der Waals surface area (Å²) in [5, 5.41) is 3.39. The molecule has 27 heavy (non-hydrogen) atoms. The van der Waals surface area contributed by atoms with Gasteiger partial charge in [-0.2, -0.15) is 0 Å². The van der Waals surface area contributed by atoms with Gasteiger partial charge in [-0.3, -0.25) is 9.59 Å². The predicted molar refractivity (Wildman–Crippen MR) is 109 cm³/mol. The summed E-state index contributed by atoms with van der Waals surface area (Å²) in [5.74, 6) is 0.620. The summed E-state index contributed by atoms with van der Waals surface area (Å²) in [6.45, 7) is 4.75. The Balaban J connectivity index is 1.73. The zero-order valence-electron chi connectivity index (χ0n) is 15.6. The van der Waals surface area contributed by atoms with Gasteiger partial charge in [-0.15, -0.1) is 11.3 Å². The van der Waals surface area contributed by atoms with Crippen LogP contribution in [0.3, 0.4) is 0 Å². The van der Waals surface area contributed by atoms with E-state index in [4.69, 9.17) is 10.5 Å². The van der Waals surface area contributed by atoms with E-state index in [0.717, 1.165) is 41.0 Å². The highest BCUT2D eigenvalue weighted by molar-refractivity contribution is 7.17. The van der Waals surface area contributed by atoms with Crippen LogP contribution in [-0.4, -0.2) is 18.4 Å². The molecule has 1 aliphatic carbocycles. The monoisotopic (exact) mass is 384 g/mol. The minimum absolute atomic E-state index is 0.280. The zero-order chi connectivity index (χ0) is 19.4. The fourth-order valence-corrected chi connectivity index (χ4v) is 4.69. The largest absolute Gasteiger partial charge is 0.494 e. The van der Waals surface area contributed by atoms with Crippen molar-refractivity contribution in [3.05, 3.63) is 51.9 Å². The molecule has 3 rings (SSSR count). The first-order valence-electron chi connectivity index (χ1n) is 9.14. The first-order chi connectivity index (χ1) is 13.0. The van der Waals surface area contributed by atoms with Crippen LogP contribution in [-0.2, 0) is 17.6 Å². The van der Waals surface area contributed by atoms with Gasteiger partial charge in [-0.05, 0) is 61.4 Å². The summed E-state index contributed by atoms with van der Waals surface area (Å²) in [6.07, 6.45) is 5.99. The van der Waals surface area contributed by atoms with E-state index in [0.29, 0.717) is 23.1 Å². The third-order valence-electron chi connectivity index (χ3n) is 4.61. The molecule has 1 unspecified atom stereocenters. The molecular weight excluding hydrogens is 360 g/mol. The van der Waals surface area contributed by atoms with Gasteiger partial charge < -0.3 is 15.8 Å². The molecule has 1 aliphatic rings. The van der Waals surface area contributed by atoms with Gasteiger partial charge in [0, 0.05) is 11.0 Å². The number of ether oxygens (including phenoxy) is 1. The molecule has 142 valence electrons. The first-order valence-corrected chi connectivity index (χ1v) is 9.95. The van der Waals surface area contributed by atoms with E-state index >= 15 is 0 Å². The summed E-state index contributed by atoms with van der Waals surface area (Å²) < 4.78 is 5.40. The van der Waals surface area contributed by atoms with Crippen LogP contribution in [0, 0.1) is 5.92 Å². The van der Waals surface area contributed by atoms with Crippen LogP contribution < -0.4 is 15.8 Å². The Hall–Kier alpha value is -2.60. The zero-order valence-corrected chi connectivity index (χ0v) is 16.4. The summed E-state index contributed by atoms with van der Waals surface area (Å²) >= 11 is 1.47. The average molecular weight is 385 g/mol. The van der Waals surface area contributed by atoms with Crippen LogP contribution in [0.25, 0.3) is 6.08 Å². The highest BCUT2D eigenvalue weighted by Crippen LogP contribution is 2.39. The Morgan fingerprint density at radius 3 is 2.74 bits per heavy atom. The highest BCUT2D eigenvalue weighted by Gasteiger charge is 2.26. The molecule has 2 amide bonds. The Morgan fingerprint density at radius 1 is 1.33 bits per heavy atom. The first kappa shape index (κ1) is 19.2. The quantitative estimate of drug-likeness (QED) is 0.738. The van der Waals surface area contributed by atoms with Gasteiger partial charge in [0.2, 0.25) is 5.91 Å². The number of carbonyl (C=O) groups is 2. The molecule has 1 aromatic carbocycles. The third-order valence-corrected chi connectivity index (χ3v) is 5.78. The van der Waals surface area contributed by atoms with Crippen molar-refractivity contribution in [1.82, 2.24) is 0 Å². The normalized spacial score (nSPS) is 16.1. The van der Waals surface area contributed by atoms with Crippen molar-refractivity contribution >= 4 is 34.2 Å². The Kier molecular flexibility index (Phi) is 5.96. The summed E-state index contributed by atoms with van der Waals surface area (Å²) in [4.78, 5) is 25.4. The number of amides is 2. The summed E-state index contributed by atoms with van der Waals surface area (Å²) in [7, 11) is 0. The molecule has 6 heteroatoms. The lowest BCUT2D eigenvalue weighted by Crippen LogP contribution is -2.18. The number of hydrogen-bond acceptors (Lipinski definition) is 4. The van der Waals surface area contributed by atoms with Gasteiger partial charge in [0.25, 0.3) is 5.91 Å². The molecule has 0 fully saturated rings. The number of fused-ring (bicyclic) bond motifs is 1. The van der Waals surface area contributed by atoms with Crippen LogP contribution >= 0.6 is 11.3 Å². The second kappa shape index (κ2) is 8.39. The molecule has 1 heterocycles. The fraction of sp³-hybridized carbons (Fsp3) is 0.333. The number of primary amides is 1. The summed E-state index contributed by atoms with van der Waals surface area (Å²) in [5.41, 5.74) is 7.96. The number of nitrogens with two attached hydrogens (primary N) is 1. The number of anilines is 1. The standard InChI is InChI=1S/C21H24N2O3S/c1-3-26-15-8-5-14(6-9-15)7-11-18(24)23-21-19(20(22)25)16-10-4-13(2)12-17(16)27-21/h5-9,11,13H,3-4,10,12H2,1-2H3,(H2,22,25)(H,23,24)/b11-7+. The molecule has 0 aliphatic heterocycles. The maximum absolute atomic E-state index is 12.3. The Morgan fingerprint density at radius 2 is 2.07 bits per heavy atom. The van der Waals surface area contributed by atoms with E-state index in [1.54, 1.807) is 6.08 Å². The smallest absolute Gasteiger partial charge is 0.251 e. The maximum Gasteiger partial charge on any atom is 0.251 e. The molecule has 5 nitrogen and oxygen atoms in total. The molecular formula is C21H24N2O3S. The highest BCUT2D eigenvalue weighted by atomic mass is 32.1. The van der Waals surface area contributed by atoms with Crippen molar-refractivity contribution in [2.45, 2.75) is 33.1 Å². The molecule has 3 N–H and O–H groups in total. The van der Waals surface area contributed by atoms with Crippen molar-refractivity contribution in [3.63, 3.8) is 0 Å². The van der Waals surface area contributed by atoms with Crippen molar-refractivity contribution in [2.75, 3.05) is 11.9 Å². The minimum Gasteiger partial charge on any atom is -0.494 e. The van der Waals surface area contributed by atoms with E-state index in [-0.39, 0.29) is 5.91 Å². The fourth-order valence-electron chi connectivity index (χ4n) is 3.27. The van der Waals surface area contributed by atoms with Crippen LogP contribution in [0.2, 0.25) is 0 Å². The lowest BCUT2D eigenvalue weighted by molar-refractivity contribution is -0.111. The molecule has 2 aromatic rings. The summed E-state index contributed by atoms with van der Waals surface area (Å²) in [6, 6.07) is 7.49. The van der Waals surface area contributed by atoms with Crippen molar-refractivity contribution in [2.24, 2.45) is 11.7 Å². The van der Waals surface area contributed by atoms with Crippen LogP contribution in [0.1, 0.15) is 46.6 Å². The van der Waals surface area contributed by atoms with E-state index in [1.165, 1.54) is 17.4 Å². The molecule has 0 radical (unpaired) electrons. The number of nitrogens with one attached hydrogen (secondary N) is 1. The van der Waals surface area contributed by atoms with E-state index in [1.807, 2.05) is 31.2 Å². The maximum atomic E-state index is 12.3.